The minimum atomic E-state index is -3.58. The van der Waals surface area contributed by atoms with Gasteiger partial charge < -0.3 is 4.42 Å². The molecule has 3 rings (SSSR count). The van der Waals surface area contributed by atoms with Crippen molar-refractivity contribution in [2.45, 2.75) is 31.2 Å². The van der Waals surface area contributed by atoms with Gasteiger partial charge in [-0.25, -0.2) is 13.2 Å². The van der Waals surface area contributed by atoms with Crippen LogP contribution in [0.3, 0.4) is 0 Å². The first kappa shape index (κ1) is 17.2. The number of hydrogen-bond donors (Lipinski definition) is 0. The molecule has 0 radical (unpaired) electrons. The van der Waals surface area contributed by atoms with E-state index in [0.717, 1.165) is 19.5 Å². The van der Waals surface area contributed by atoms with Crippen LogP contribution in [-0.4, -0.2) is 54.4 Å². The van der Waals surface area contributed by atoms with Gasteiger partial charge >= 0.3 is 5.76 Å². The molecule has 0 unspecified atom stereocenters. The minimum absolute atomic E-state index is 0.199. The van der Waals surface area contributed by atoms with Gasteiger partial charge in [-0.1, -0.05) is 0 Å². The van der Waals surface area contributed by atoms with Crippen molar-refractivity contribution in [3.05, 3.63) is 28.7 Å². The highest BCUT2D eigenvalue weighted by atomic mass is 32.2. The highest BCUT2D eigenvalue weighted by molar-refractivity contribution is 7.89. The fraction of sp³-hybridized carbons (Fsp3) is 0.562. The summed E-state index contributed by atoms with van der Waals surface area (Å²) in [6.07, 6.45) is 0.809. The van der Waals surface area contributed by atoms with Crippen molar-refractivity contribution in [2.24, 2.45) is 7.05 Å². The van der Waals surface area contributed by atoms with E-state index >= 15 is 0 Å². The molecule has 2 aromatic rings. The molecule has 0 spiro atoms. The molecule has 7 nitrogen and oxygen atoms in total. The van der Waals surface area contributed by atoms with Crippen molar-refractivity contribution in [3.8, 4) is 0 Å². The quantitative estimate of drug-likeness (QED) is 0.830. The maximum absolute atomic E-state index is 13.0. The molecule has 1 saturated heterocycles. The fourth-order valence-corrected chi connectivity index (χ4v) is 4.58. The summed E-state index contributed by atoms with van der Waals surface area (Å²) in [6.45, 7) is 6.86. The van der Waals surface area contributed by atoms with Crippen LogP contribution in [0, 0.1) is 0 Å². The van der Waals surface area contributed by atoms with Crippen molar-refractivity contribution in [3.63, 3.8) is 0 Å². The Morgan fingerprint density at radius 2 is 1.88 bits per heavy atom. The number of hydrogen-bond acceptors (Lipinski definition) is 5. The standard InChI is InChI=1S/C16H23N3O4S/c1-12(2)18-7-4-8-19(10-9-18)24(21,22)13-5-6-15-14(11-13)17(3)16(20)23-15/h5-6,11-12H,4,7-10H2,1-3H3. The van der Waals surface area contributed by atoms with Gasteiger partial charge in [0.05, 0.1) is 10.4 Å². The van der Waals surface area contributed by atoms with E-state index in [-0.39, 0.29) is 4.90 Å². The zero-order valence-electron chi connectivity index (χ0n) is 14.2. The van der Waals surface area contributed by atoms with Gasteiger partial charge in [0.1, 0.15) is 0 Å². The largest absolute Gasteiger partial charge is 0.419 e. The van der Waals surface area contributed by atoms with Gasteiger partial charge in [-0.15, -0.1) is 0 Å². The molecule has 1 aromatic heterocycles. The third kappa shape index (κ3) is 3.01. The van der Waals surface area contributed by atoms with E-state index in [0.29, 0.717) is 30.2 Å². The number of benzene rings is 1. The van der Waals surface area contributed by atoms with E-state index < -0.39 is 15.8 Å². The molecule has 1 aliphatic rings. The van der Waals surface area contributed by atoms with E-state index in [1.165, 1.54) is 21.0 Å². The number of aromatic nitrogens is 1. The van der Waals surface area contributed by atoms with E-state index in [1.54, 1.807) is 13.1 Å². The SMILES string of the molecule is CC(C)N1CCCN(S(=O)(=O)c2ccc3oc(=O)n(C)c3c2)CC1. The number of aryl methyl sites for hydroxylation is 1. The second kappa shape index (κ2) is 6.34. The number of nitrogens with zero attached hydrogens (tertiary/aromatic N) is 3. The van der Waals surface area contributed by atoms with Gasteiger partial charge in [0.25, 0.3) is 0 Å². The monoisotopic (exact) mass is 353 g/mol. The molecular formula is C16H23N3O4S. The first-order valence-corrected chi connectivity index (χ1v) is 9.58. The average molecular weight is 353 g/mol. The fourth-order valence-electron chi connectivity index (χ4n) is 3.09. The maximum Gasteiger partial charge on any atom is 0.419 e. The van der Waals surface area contributed by atoms with Gasteiger partial charge in [0.15, 0.2) is 5.58 Å². The molecule has 1 fully saturated rings. The molecular weight excluding hydrogens is 330 g/mol. The first-order chi connectivity index (χ1) is 11.3. The van der Waals surface area contributed by atoms with Crippen molar-refractivity contribution < 1.29 is 12.8 Å². The van der Waals surface area contributed by atoms with Gasteiger partial charge in [-0.3, -0.25) is 9.47 Å². The second-order valence-electron chi connectivity index (χ2n) is 6.44. The van der Waals surface area contributed by atoms with Gasteiger partial charge in [0.2, 0.25) is 10.0 Å². The molecule has 0 N–H and O–H groups in total. The Labute approximate surface area is 141 Å². The third-order valence-corrected chi connectivity index (χ3v) is 6.52. The summed E-state index contributed by atoms with van der Waals surface area (Å²) in [4.78, 5) is 14.1. The Balaban J connectivity index is 1.92. The number of fused-ring (bicyclic) bond motifs is 1. The Bertz CT molecular complexity index is 898. The van der Waals surface area contributed by atoms with Crippen LogP contribution < -0.4 is 5.76 Å². The Hall–Kier alpha value is -1.64. The summed E-state index contributed by atoms with van der Waals surface area (Å²) in [7, 11) is -2.02. The topological polar surface area (TPSA) is 75.8 Å². The molecule has 2 heterocycles. The van der Waals surface area contributed by atoms with Gasteiger partial charge in [0, 0.05) is 32.7 Å². The van der Waals surface area contributed by atoms with E-state index in [9.17, 15) is 13.2 Å². The van der Waals surface area contributed by atoms with E-state index in [2.05, 4.69) is 18.7 Å². The molecule has 0 saturated carbocycles. The van der Waals surface area contributed by atoms with Gasteiger partial charge in [-0.05, 0) is 45.0 Å². The normalized spacial score (nSPS) is 18.3. The number of oxazole rings is 1. The molecule has 8 heteroatoms. The van der Waals surface area contributed by atoms with E-state index in [4.69, 9.17) is 4.42 Å². The third-order valence-electron chi connectivity index (χ3n) is 4.62. The van der Waals surface area contributed by atoms with Crippen LogP contribution in [0.1, 0.15) is 20.3 Å². The van der Waals surface area contributed by atoms with Crippen molar-refractivity contribution in [1.29, 1.82) is 0 Å². The summed E-state index contributed by atoms with van der Waals surface area (Å²) >= 11 is 0. The lowest BCUT2D eigenvalue weighted by molar-refractivity contribution is 0.233. The molecule has 1 aliphatic heterocycles. The summed E-state index contributed by atoms with van der Waals surface area (Å²) < 4.78 is 33.9. The van der Waals surface area contributed by atoms with E-state index in [1.807, 2.05) is 0 Å². The Kier molecular flexibility index (Phi) is 4.54. The number of sulfonamides is 1. The average Bonchev–Trinajstić information content (AvgIpc) is 2.72. The zero-order valence-corrected chi connectivity index (χ0v) is 15.0. The highest BCUT2D eigenvalue weighted by Crippen LogP contribution is 2.22. The first-order valence-electron chi connectivity index (χ1n) is 8.14. The number of rotatable bonds is 3. The lowest BCUT2D eigenvalue weighted by Crippen LogP contribution is -2.37. The maximum atomic E-state index is 13.0. The van der Waals surface area contributed by atoms with Gasteiger partial charge in [-0.2, -0.15) is 4.31 Å². The van der Waals surface area contributed by atoms with Crippen LogP contribution in [0.2, 0.25) is 0 Å². The van der Waals surface area contributed by atoms with Crippen LogP contribution >= 0.6 is 0 Å². The molecule has 0 amide bonds. The minimum Gasteiger partial charge on any atom is -0.408 e. The molecule has 132 valence electrons. The van der Waals surface area contributed by atoms with Crippen LogP contribution in [0.5, 0.6) is 0 Å². The molecule has 0 atom stereocenters. The van der Waals surface area contributed by atoms with Crippen LogP contribution in [0.15, 0.2) is 32.3 Å². The van der Waals surface area contributed by atoms with Crippen molar-refractivity contribution >= 4 is 21.1 Å². The van der Waals surface area contributed by atoms with Crippen molar-refractivity contribution in [1.82, 2.24) is 13.8 Å². The Morgan fingerprint density at radius 3 is 2.58 bits per heavy atom. The van der Waals surface area contributed by atoms with Crippen LogP contribution in [0.4, 0.5) is 0 Å². The van der Waals surface area contributed by atoms with Crippen LogP contribution in [-0.2, 0) is 17.1 Å². The lowest BCUT2D eigenvalue weighted by Gasteiger charge is -2.24. The summed E-state index contributed by atoms with van der Waals surface area (Å²) in [5.41, 5.74) is 0.878. The second-order valence-corrected chi connectivity index (χ2v) is 8.38. The predicted octanol–water partition coefficient (Wildman–Crippen LogP) is 1.24. The van der Waals surface area contributed by atoms with Crippen molar-refractivity contribution in [2.75, 3.05) is 26.2 Å². The zero-order chi connectivity index (χ0) is 17.5. The Morgan fingerprint density at radius 1 is 1.12 bits per heavy atom. The highest BCUT2D eigenvalue weighted by Gasteiger charge is 2.28. The smallest absolute Gasteiger partial charge is 0.408 e. The molecule has 0 aliphatic carbocycles. The summed E-state index contributed by atoms with van der Waals surface area (Å²) in [6, 6.07) is 4.97. The van der Waals surface area contributed by atoms with Crippen LogP contribution in [0.25, 0.3) is 11.1 Å². The lowest BCUT2D eigenvalue weighted by atomic mass is 10.3. The molecule has 0 bridgehead atoms. The summed E-state index contributed by atoms with van der Waals surface area (Å²) in [5.74, 6) is -0.498. The predicted molar refractivity (Wildman–Crippen MR) is 91.5 cm³/mol. The molecule has 24 heavy (non-hydrogen) atoms. The molecule has 1 aromatic carbocycles. The summed E-state index contributed by atoms with van der Waals surface area (Å²) in [5, 5.41) is 0.